The molecule has 0 atom stereocenters. The minimum Gasteiger partial charge on any atom is -0.343 e. The van der Waals surface area contributed by atoms with E-state index in [4.69, 9.17) is 0 Å². The molecular weight excluding hydrogens is 174 g/mol. The van der Waals surface area contributed by atoms with Crippen LogP contribution in [0.1, 0.15) is 61.3 Å². The number of rotatable bonds is 0. The highest BCUT2D eigenvalue weighted by Crippen LogP contribution is 2.07. The molecule has 0 N–H and O–H groups in total. The van der Waals surface area contributed by atoms with Gasteiger partial charge in [-0.05, 0) is 19.3 Å². The van der Waals surface area contributed by atoms with Gasteiger partial charge in [-0.25, -0.2) is 0 Å². The predicted molar refractivity (Wildman–Crippen MR) is 65.5 cm³/mol. The summed E-state index contributed by atoms with van der Waals surface area (Å²) in [6.45, 7) is 11.6. The van der Waals surface area contributed by atoms with Gasteiger partial charge in [0.2, 0.25) is 5.91 Å². The van der Waals surface area contributed by atoms with E-state index in [9.17, 15) is 4.79 Å². The van der Waals surface area contributed by atoms with Crippen LogP contribution in [-0.4, -0.2) is 23.9 Å². The lowest BCUT2D eigenvalue weighted by Gasteiger charge is -2.24. The zero-order chi connectivity index (χ0) is 10.7. The number of likely N-dealkylation sites (tertiary alicyclic amines) is 1. The molecule has 1 saturated heterocycles. The largest absolute Gasteiger partial charge is 0.343 e. The SMILES string of the molecule is C.CC.CC.CC(=O)N1CCCCC1. The number of amides is 1. The van der Waals surface area contributed by atoms with E-state index in [1.54, 1.807) is 6.92 Å². The van der Waals surface area contributed by atoms with E-state index in [1.807, 2.05) is 32.6 Å². The molecule has 0 bridgehead atoms. The van der Waals surface area contributed by atoms with Crippen LogP contribution in [0.15, 0.2) is 0 Å². The Morgan fingerprint density at radius 3 is 1.50 bits per heavy atom. The summed E-state index contributed by atoms with van der Waals surface area (Å²) in [7, 11) is 0. The van der Waals surface area contributed by atoms with Crippen LogP contribution in [0.25, 0.3) is 0 Å². The number of carbonyl (C=O) groups is 1. The lowest BCUT2D eigenvalue weighted by Crippen LogP contribution is -2.33. The van der Waals surface area contributed by atoms with Gasteiger partial charge in [0, 0.05) is 20.0 Å². The predicted octanol–water partition coefficient (Wildman–Crippen LogP) is 3.71. The molecule has 1 amide bonds. The second kappa shape index (κ2) is 15.0. The number of nitrogens with zero attached hydrogens (tertiary/aromatic N) is 1. The standard InChI is InChI=1S/C7H13NO.2C2H6.CH4/c1-7(9)8-5-3-2-4-6-8;2*1-2;/h2-6H2,1H3;2*1-2H3;1H4. The van der Waals surface area contributed by atoms with Gasteiger partial charge in [-0.15, -0.1) is 0 Å². The molecule has 0 aromatic carbocycles. The van der Waals surface area contributed by atoms with Crippen molar-refractivity contribution in [3.05, 3.63) is 0 Å². The van der Waals surface area contributed by atoms with Crippen LogP contribution in [0.3, 0.4) is 0 Å². The summed E-state index contributed by atoms with van der Waals surface area (Å²) < 4.78 is 0. The zero-order valence-corrected chi connectivity index (χ0v) is 9.89. The van der Waals surface area contributed by atoms with E-state index < -0.39 is 0 Å². The van der Waals surface area contributed by atoms with Gasteiger partial charge in [0.25, 0.3) is 0 Å². The summed E-state index contributed by atoms with van der Waals surface area (Å²) in [4.78, 5) is 12.6. The van der Waals surface area contributed by atoms with Gasteiger partial charge in [-0.3, -0.25) is 4.79 Å². The molecule has 1 fully saturated rings. The van der Waals surface area contributed by atoms with Gasteiger partial charge in [0.1, 0.15) is 0 Å². The van der Waals surface area contributed by atoms with Crippen molar-refractivity contribution in [3.8, 4) is 0 Å². The Kier molecular flexibility index (Phi) is 20.4. The maximum Gasteiger partial charge on any atom is 0.219 e. The second-order valence-electron chi connectivity index (χ2n) is 2.57. The van der Waals surface area contributed by atoms with Crippen LogP contribution < -0.4 is 0 Å². The van der Waals surface area contributed by atoms with Crippen LogP contribution in [0, 0.1) is 0 Å². The third-order valence-electron chi connectivity index (χ3n) is 1.80. The van der Waals surface area contributed by atoms with E-state index >= 15 is 0 Å². The molecule has 1 aliphatic heterocycles. The van der Waals surface area contributed by atoms with Crippen LogP contribution >= 0.6 is 0 Å². The minimum absolute atomic E-state index is 0. The normalized spacial score (nSPS) is 13.6. The van der Waals surface area contributed by atoms with Gasteiger partial charge in [-0.2, -0.15) is 0 Å². The Labute approximate surface area is 90.7 Å². The second-order valence-corrected chi connectivity index (χ2v) is 2.57. The molecule has 0 radical (unpaired) electrons. The summed E-state index contributed by atoms with van der Waals surface area (Å²) in [5, 5.41) is 0. The van der Waals surface area contributed by atoms with E-state index in [1.165, 1.54) is 19.3 Å². The first-order valence-corrected chi connectivity index (χ1v) is 5.56. The van der Waals surface area contributed by atoms with Crippen molar-refractivity contribution in [2.45, 2.75) is 61.3 Å². The Bertz CT molecular complexity index is 107. The topological polar surface area (TPSA) is 20.3 Å². The van der Waals surface area contributed by atoms with Crippen molar-refractivity contribution in [2.24, 2.45) is 0 Å². The maximum atomic E-state index is 10.7. The number of carbonyl (C=O) groups excluding carboxylic acids is 1. The number of hydrogen-bond acceptors (Lipinski definition) is 1. The number of piperidine rings is 1. The third-order valence-corrected chi connectivity index (χ3v) is 1.80. The van der Waals surface area contributed by atoms with Crippen LogP contribution in [0.4, 0.5) is 0 Å². The maximum absolute atomic E-state index is 10.7. The first-order valence-electron chi connectivity index (χ1n) is 5.56. The Morgan fingerprint density at radius 1 is 0.929 bits per heavy atom. The molecule has 2 heteroatoms. The summed E-state index contributed by atoms with van der Waals surface area (Å²) in [5.41, 5.74) is 0. The molecule has 1 heterocycles. The van der Waals surface area contributed by atoms with Crippen molar-refractivity contribution >= 4 is 5.91 Å². The van der Waals surface area contributed by atoms with Crippen molar-refractivity contribution < 1.29 is 4.79 Å². The monoisotopic (exact) mass is 203 g/mol. The molecule has 88 valence electrons. The van der Waals surface area contributed by atoms with Gasteiger partial charge >= 0.3 is 0 Å². The molecule has 2 nitrogen and oxygen atoms in total. The van der Waals surface area contributed by atoms with Crippen LogP contribution in [0.5, 0.6) is 0 Å². The molecule has 14 heavy (non-hydrogen) atoms. The summed E-state index contributed by atoms with van der Waals surface area (Å²) >= 11 is 0. The molecule has 0 aromatic rings. The highest BCUT2D eigenvalue weighted by Gasteiger charge is 2.10. The van der Waals surface area contributed by atoms with E-state index in [2.05, 4.69) is 0 Å². The fourth-order valence-corrected chi connectivity index (χ4v) is 1.21. The van der Waals surface area contributed by atoms with Gasteiger partial charge < -0.3 is 4.90 Å². The average Bonchev–Trinajstić information content (AvgIpc) is 2.25. The molecular formula is C12H29NO. The van der Waals surface area contributed by atoms with Crippen LogP contribution in [0.2, 0.25) is 0 Å². The minimum atomic E-state index is 0. The molecule has 0 aromatic heterocycles. The zero-order valence-electron chi connectivity index (χ0n) is 9.89. The lowest BCUT2D eigenvalue weighted by molar-refractivity contribution is -0.129. The lowest BCUT2D eigenvalue weighted by atomic mass is 10.1. The fourth-order valence-electron chi connectivity index (χ4n) is 1.21. The molecule has 1 aliphatic rings. The molecule has 1 rings (SSSR count). The van der Waals surface area contributed by atoms with Gasteiger partial charge in [0.05, 0.1) is 0 Å². The highest BCUT2D eigenvalue weighted by atomic mass is 16.2. The smallest absolute Gasteiger partial charge is 0.219 e. The first-order chi connectivity index (χ1) is 6.30. The van der Waals surface area contributed by atoms with Crippen molar-refractivity contribution in [1.82, 2.24) is 4.90 Å². The average molecular weight is 203 g/mol. The van der Waals surface area contributed by atoms with Gasteiger partial charge in [-0.1, -0.05) is 35.1 Å². The Hall–Kier alpha value is -0.530. The van der Waals surface area contributed by atoms with E-state index in [0.29, 0.717) is 0 Å². The van der Waals surface area contributed by atoms with Crippen LogP contribution in [-0.2, 0) is 4.79 Å². The molecule has 0 unspecified atom stereocenters. The summed E-state index contributed by atoms with van der Waals surface area (Å²) in [6.07, 6.45) is 3.68. The Balaban J connectivity index is -0.000000216. The molecule has 0 spiro atoms. The van der Waals surface area contributed by atoms with Crippen molar-refractivity contribution in [3.63, 3.8) is 0 Å². The van der Waals surface area contributed by atoms with Gasteiger partial charge in [0.15, 0.2) is 0 Å². The number of hydrogen-bond donors (Lipinski definition) is 0. The third kappa shape index (κ3) is 9.56. The van der Waals surface area contributed by atoms with E-state index in [-0.39, 0.29) is 13.3 Å². The Morgan fingerprint density at radius 2 is 1.29 bits per heavy atom. The quantitative estimate of drug-likeness (QED) is 0.588. The van der Waals surface area contributed by atoms with Crippen molar-refractivity contribution in [2.75, 3.05) is 13.1 Å². The highest BCUT2D eigenvalue weighted by molar-refractivity contribution is 5.73. The fraction of sp³-hybridized carbons (Fsp3) is 0.917. The first kappa shape index (κ1) is 19.1. The summed E-state index contributed by atoms with van der Waals surface area (Å²) in [6, 6.07) is 0. The molecule has 0 saturated carbocycles. The van der Waals surface area contributed by atoms with Crippen molar-refractivity contribution in [1.29, 1.82) is 0 Å². The summed E-state index contributed by atoms with van der Waals surface area (Å²) in [5.74, 6) is 0.231. The molecule has 0 aliphatic carbocycles. The van der Waals surface area contributed by atoms with E-state index in [0.717, 1.165) is 13.1 Å².